The maximum atomic E-state index is 2.51. The predicted molar refractivity (Wildman–Crippen MR) is 362 cm³/mol. The SMILES string of the molecule is CCC1(CC)c2cc(N(c3ccc(N(c4ccccc4)c4ccc5ccccc5c4)cc3)c3cccc4ccccc34)ccc2-c2ccc(N(c3ccc(N(c4ccccc4)c4ccc5ccccc5c4)cc3)c3cccc4ccccc34)cc21. The Balaban J connectivity index is 0.842. The second-order valence-corrected chi connectivity index (χ2v) is 22.4. The standard InChI is InChI=1S/C81H62N4/c1-3-81(4-2)77-55-71(84(79-35-19-27-59-23-15-17-33-73(59)79)67-45-41-65(42-46-67)82(63-29-7-5-8-30-63)69-39-37-57-21-11-13-25-61(57)53-69)49-51-75(77)76-52-50-72(56-78(76)81)85(80-36-20-28-60-24-16-18-34-74(60)80)68-47-43-66(44-48-68)83(64-31-9-6-10-32-64)70-40-38-58-22-12-14-26-62(58)54-70/h5-56H,3-4H2,1-2H3. The van der Waals surface area contributed by atoms with Gasteiger partial charge >= 0.3 is 0 Å². The molecule has 0 N–H and O–H groups in total. The Morgan fingerprint density at radius 1 is 0.224 bits per heavy atom. The van der Waals surface area contributed by atoms with Crippen LogP contribution in [0.25, 0.3) is 54.2 Å². The second kappa shape index (κ2) is 21.6. The minimum atomic E-state index is -0.259. The summed E-state index contributed by atoms with van der Waals surface area (Å²) in [5.41, 5.74) is 18.4. The highest BCUT2D eigenvalue weighted by Crippen LogP contribution is 2.56. The van der Waals surface area contributed by atoms with E-state index >= 15 is 0 Å². The van der Waals surface area contributed by atoms with Gasteiger partial charge in [-0.1, -0.05) is 196 Å². The predicted octanol–water partition coefficient (Wildman–Crippen LogP) is 23.3. The third-order valence-electron chi connectivity index (χ3n) is 17.8. The molecule has 0 saturated carbocycles. The van der Waals surface area contributed by atoms with Crippen molar-refractivity contribution in [1.29, 1.82) is 0 Å². The van der Waals surface area contributed by atoms with Gasteiger partial charge in [-0.15, -0.1) is 0 Å². The van der Waals surface area contributed by atoms with E-state index in [1.165, 1.54) is 65.3 Å². The van der Waals surface area contributed by atoms with Gasteiger partial charge in [-0.25, -0.2) is 0 Å². The van der Waals surface area contributed by atoms with Gasteiger partial charge in [-0.05, 0) is 201 Å². The van der Waals surface area contributed by atoms with Gasteiger partial charge in [-0.3, -0.25) is 0 Å². The van der Waals surface area contributed by atoms with Crippen molar-refractivity contribution >= 4 is 111 Å². The van der Waals surface area contributed by atoms with Gasteiger partial charge in [0.15, 0.2) is 0 Å². The zero-order valence-electron chi connectivity index (χ0n) is 47.7. The highest BCUT2D eigenvalue weighted by molar-refractivity contribution is 6.02. The van der Waals surface area contributed by atoms with E-state index < -0.39 is 0 Å². The molecule has 0 unspecified atom stereocenters. The van der Waals surface area contributed by atoms with Gasteiger partial charge in [0.1, 0.15) is 0 Å². The lowest BCUT2D eigenvalue weighted by molar-refractivity contribution is 0.490. The molecule has 14 aromatic carbocycles. The van der Waals surface area contributed by atoms with Crippen molar-refractivity contribution in [3.63, 3.8) is 0 Å². The lowest BCUT2D eigenvalue weighted by Gasteiger charge is -2.33. The Kier molecular flexibility index (Phi) is 13.0. The Morgan fingerprint density at radius 2 is 0.518 bits per heavy atom. The summed E-state index contributed by atoms with van der Waals surface area (Å²) < 4.78 is 0. The van der Waals surface area contributed by atoms with Crippen molar-refractivity contribution in [2.45, 2.75) is 32.1 Å². The normalized spacial score (nSPS) is 12.3. The van der Waals surface area contributed by atoms with E-state index in [9.17, 15) is 0 Å². The minimum Gasteiger partial charge on any atom is -0.310 e. The van der Waals surface area contributed by atoms with Crippen LogP contribution in [0.3, 0.4) is 0 Å². The summed E-state index contributed by atoms with van der Waals surface area (Å²) in [5.74, 6) is 0. The first-order valence-electron chi connectivity index (χ1n) is 29.8. The largest absolute Gasteiger partial charge is 0.310 e. The van der Waals surface area contributed by atoms with Gasteiger partial charge < -0.3 is 19.6 Å². The number of benzene rings is 14. The topological polar surface area (TPSA) is 13.0 Å². The van der Waals surface area contributed by atoms with Crippen molar-refractivity contribution in [3.8, 4) is 11.1 Å². The summed E-state index contributed by atoms with van der Waals surface area (Å²) in [6, 6.07) is 116. The second-order valence-electron chi connectivity index (χ2n) is 22.4. The Morgan fingerprint density at radius 3 is 0.918 bits per heavy atom. The highest BCUT2D eigenvalue weighted by Gasteiger charge is 2.42. The van der Waals surface area contributed by atoms with Crippen LogP contribution in [0.1, 0.15) is 37.8 Å². The zero-order valence-corrected chi connectivity index (χ0v) is 47.7. The first-order chi connectivity index (χ1) is 42.0. The summed E-state index contributed by atoms with van der Waals surface area (Å²) >= 11 is 0. The van der Waals surface area contributed by atoms with E-state index in [1.807, 2.05) is 0 Å². The molecule has 0 atom stereocenters. The lowest BCUT2D eigenvalue weighted by atomic mass is 9.73. The van der Waals surface area contributed by atoms with Crippen LogP contribution in [0.2, 0.25) is 0 Å². The molecule has 0 spiro atoms. The van der Waals surface area contributed by atoms with E-state index in [2.05, 4.69) is 349 Å². The van der Waals surface area contributed by atoms with E-state index in [-0.39, 0.29) is 5.41 Å². The first kappa shape index (κ1) is 51.2. The van der Waals surface area contributed by atoms with Crippen molar-refractivity contribution in [2.75, 3.05) is 19.6 Å². The number of rotatable bonds is 14. The van der Waals surface area contributed by atoms with E-state index in [1.54, 1.807) is 0 Å². The summed E-state index contributed by atoms with van der Waals surface area (Å²) in [6.07, 6.45) is 1.88. The monoisotopic (exact) mass is 1090 g/mol. The van der Waals surface area contributed by atoms with Gasteiger partial charge in [-0.2, -0.15) is 0 Å². The molecule has 0 amide bonds. The quantitative estimate of drug-likeness (QED) is 0.108. The molecule has 14 aromatic rings. The Labute approximate surface area is 498 Å². The molecule has 0 saturated heterocycles. The number of fused-ring (bicyclic) bond motifs is 7. The van der Waals surface area contributed by atoms with E-state index in [4.69, 9.17) is 0 Å². The van der Waals surface area contributed by atoms with Crippen molar-refractivity contribution in [1.82, 2.24) is 0 Å². The number of hydrogen-bond donors (Lipinski definition) is 0. The van der Waals surface area contributed by atoms with Crippen LogP contribution in [0.15, 0.2) is 315 Å². The third kappa shape index (κ3) is 9.02. The fourth-order valence-corrected chi connectivity index (χ4v) is 13.6. The average molecular weight is 1090 g/mol. The maximum absolute atomic E-state index is 2.51. The molecule has 406 valence electrons. The summed E-state index contributed by atoms with van der Waals surface area (Å²) in [6.45, 7) is 4.76. The van der Waals surface area contributed by atoms with Crippen molar-refractivity contribution in [3.05, 3.63) is 327 Å². The molecule has 0 bridgehead atoms. The van der Waals surface area contributed by atoms with Crippen LogP contribution >= 0.6 is 0 Å². The summed E-state index contributed by atoms with van der Waals surface area (Å²) in [5, 5.41) is 9.67. The third-order valence-corrected chi connectivity index (χ3v) is 17.8. The average Bonchev–Trinajstić information content (AvgIpc) is 2.00. The number of hydrogen-bond acceptors (Lipinski definition) is 4. The van der Waals surface area contributed by atoms with Crippen LogP contribution in [-0.2, 0) is 5.41 Å². The van der Waals surface area contributed by atoms with Gasteiger partial charge in [0.25, 0.3) is 0 Å². The molecule has 0 radical (unpaired) electrons. The summed E-state index contributed by atoms with van der Waals surface area (Å²) in [4.78, 5) is 9.67. The van der Waals surface area contributed by atoms with Crippen LogP contribution < -0.4 is 19.6 Å². The summed E-state index contributed by atoms with van der Waals surface area (Å²) in [7, 11) is 0. The maximum Gasteiger partial charge on any atom is 0.0540 e. The van der Waals surface area contributed by atoms with Crippen LogP contribution in [0.4, 0.5) is 68.2 Å². The molecular weight excluding hydrogens is 1030 g/mol. The Hall–Kier alpha value is -10.7. The fourth-order valence-electron chi connectivity index (χ4n) is 13.6. The molecule has 0 heterocycles. The molecule has 1 aliphatic rings. The molecule has 85 heavy (non-hydrogen) atoms. The van der Waals surface area contributed by atoms with Crippen LogP contribution in [-0.4, -0.2) is 0 Å². The van der Waals surface area contributed by atoms with Gasteiger partial charge in [0, 0.05) is 73.1 Å². The van der Waals surface area contributed by atoms with Crippen molar-refractivity contribution < 1.29 is 0 Å². The molecular formula is C81H62N4. The lowest BCUT2D eigenvalue weighted by Crippen LogP contribution is -2.24. The Bertz CT molecular complexity index is 4450. The van der Waals surface area contributed by atoms with Crippen LogP contribution in [0.5, 0.6) is 0 Å². The first-order valence-corrected chi connectivity index (χ1v) is 29.8. The van der Waals surface area contributed by atoms with Crippen LogP contribution in [0, 0.1) is 0 Å². The van der Waals surface area contributed by atoms with Gasteiger partial charge in [0.05, 0.1) is 11.4 Å². The molecule has 0 fully saturated rings. The fraction of sp³-hybridized carbons (Fsp3) is 0.0617. The van der Waals surface area contributed by atoms with E-state index in [0.29, 0.717) is 0 Å². The molecule has 4 heteroatoms. The smallest absolute Gasteiger partial charge is 0.0540 e. The molecule has 0 aliphatic heterocycles. The molecule has 15 rings (SSSR count). The molecule has 1 aliphatic carbocycles. The number of para-hydroxylation sites is 2. The number of nitrogens with zero attached hydrogens (tertiary/aromatic N) is 4. The zero-order chi connectivity index (χ0) is 56.8. The highest BCUT2D eigenvalue weighted by atomic mass is 15.2. The molecule has 0 aromatic heterocycles. The molecule has 4 nitrogen and oxygen atoms in total. The minimum absolute atomic E-state index is 0.259. The van der Waals surface area contributed by atoms with E-state index in [0.717, 1.165) is 81.1 Å². The van der Waals surface area contributed by atoms with Gasteiger partial charge in [0.2, 0.25) is 0 Å². The van der Waals surface area contributed by atoms with Crippen molar-refractivity contribution in [2.24, 2.45) is 0 Å². The number of anilines is 12.